The fraction of sp³-hybridized carbons (Fsp3) is 0.188. The van der Waals surface area contributed by atoms with E-state index < -0.39 is 0 Å². The molecule has 0 bridgehead atoms. The summed E-state index contributed by atoms with van der Waals surface area (Å²) in [6.07, 6.45) is 0.926. The van der Waals surface area contributed by atoms with Crippen molar-refractivity contribution < 1.29 is 4.79 Å². The molecule has 0 atom stereocenters. The summed E-state index contributed by atoms with van der Waals surface area (Å²) in [5.41, 5.74) is 10.4. The van der Waals surface area contributed by atoms with Gasteiger partial charge in [0, 0.05) is 23.5 Å². The molecule has 1 aliphatic heterocycles. The van der Waals surface area contributed by atoms with Crippen LogP contribution in [0, 0.1) is 6.92 Å². The van der Waals surface area contributed by atoms with E-state index in [1.54, 1.807) is 12.1 Å². The first-order chi connectivity index (χ1) is 9.16. The highest BCUT2D eigenvalue weighted by Gasteiger charge is 2.25. The Labute approximate surface area is 112 Å². The molecule has 3 rings (SSSR count). The van der Waals surface area contributed by atoms with E-state index >= 15 is 0 Å². The zero-order valence-corrected chi connectivity index (χ0v) is 10.9. The third-order valence-electron chi connectivity index (χ3n) is 3.65. The molecule has 2 aromatic carbocycles. The predicted octanol–water partition coefficient (Wildman–Crippen LogP) is 2.78. The Morgan fingerprint density at radius 2 is 2.00 bits per heavy atom. The summed E-state index contributed by atoms with van der Waals surface area (Å²) in [7, 11) is 0. The van der Waals surface area contributed by atoms with Gasteiger partial charge in [0.25, 0.3) is 5.91 Å². The molecule has 0 fully saturated rings. The van der Waals surface area contributed by atoms with Gasteiger partial charge >= 0.3 is 0 Å². The number of aryl methyl sites for hydroxylation is 1. The number of nitrogens with zero attached hydrogens (tertiary/aromatic N) is 1. The summed E-state index contributed by atoms with van der Waals surface area (Å²) in [5, 5.41) is 0. The van der Waals surface area contributed by atoms with E-state index in [1.807, 2.05) is 36.1 Å². The number of rotatable bonds is 1. The molecule has 96 valence electrons. The van der Waals surface area contributed by atoms with Gasteiger partial charge in [-0.15, -0.1) is 0 Å². The van der Waals surface area contributed by atoms with Crippen molar-refractivity contribution >= 4 is 17.3 Å². The highest BCUT2D eigenvalue weighted by Crippen LogP contribution is 2.29. The van der Waals surface area contributed by atoms with Gasteiger partial charge in [0.2, 0.25) is 0 Å². The lowest BCUT2D eigenvalue weighted by atomic mass is 10.1. The maximum Gasteiger partial charge on any atom is 0.258 e. The van der Waals surface area contributed by atoms with Gasteiger partial charge in [-0.25, -0.2) is 0 Å². The van der Waals surface area contributed by atoms with Crippen LogP contribution in [-0.4, -0.2) is 12.5 Å². The average Bonchev–Trinajstić information content (AvgIpc) is 2.85. The second kappa shape index (κ2) is 4.43. The van der Waals surface area contributed by atoms with E-state index in [0.29, 0.717) is 5.56 Å². The van der Waals surface area contributed by atoms with Crippen molar-refractivity contribution in [1.82, 2.24) is 0 Å². The van der Waals surface area contributed by atoms with Crippen LogP contribution in [0.1, 0.15) is 21.5 Å². The molecule has 2 N–H and O–H groups in total. The number of fused-ring (bicyclic) bond motifs is 1. The molecule has 0 aromatic heterocycles. The minimum Gasteiger partial charge on any atom is -0.399 e. The lowest BCUT2D eigenvalue weighted by molar-refractivity contribution is 0.0989. The topological polar surface area (TPSA) is 46.3 Å². The molecule has 2 aromatic rings. The van der Waals surface area contributed by atoms with Crippen molar-refractivity contribution in [1.29, 1.82) is 0 Å². The first-order valence-corrected chi connectivity index (χ1v) is 6.43. The number of nitrogens with two attached hydrogens (primary N) is 1. The summed E-state index contributed by atoms with van der Waals surface area (Å²) in [5.74, 6) is 0.0491. The highest BCUT2D eigenvalue weighted by molar-refractivity contribution is 6.07. The first-order valence-electron chi connectivity index (χ1n) is 6.43. The second-order valence-corrected chi connectivity index (χ2v) is 4.91. The van der Waals surface area contributed by atoms with Crippen LogP contribution in [0.2, 0.25) is 0 Å². The van der Waals surface area contributed by atoms with Crippen molar-refractivity contribution in [3.05, 3.63) is 59.2 Å². The molecule has 19 heavy (non-hydrogen) atoms. The Morgan fingerprint density at radius 3 is 2.79 bits per heavy atom. The predicted molar refractivity (Wildman–Crippen MR) is 77.4 cm³/mol. The molecule has 0 unspecified atom stereocenters. The van der Waals surface area contributed by atoms with Gasteiger partial charge in [-0.1, -0.05) is 18.2 Å². The number of para-hydroxylation sites is 1. The summed E-state index contributed by atoms with van der Waals surface area (Å²) >= 11 is 0. The van der Waals surface area contributed by atoms with E-state index in [2.05, 4.69) is 6.07 Å². The maximum atomic E-state index is 12.6. The van der Waals surface area contributed by atoms with Gasteiger partial charge in [-0.3, -0.25) is 4.79 Å². The minimum absolute atomic E-state index is 0.0491. The molecule has 1 amide bonds. The Kier molecular flexibility index (Phi) is 2.75. The standard InChI is InChI=1S/C16H16N2O/c1-11-10-13(6-7-14(11)17)16(19)18-9-8-12-4-2-3-5-15(12)18/h2-7,10H,8-9,17H2,1H3. The summed E-state index contributed by atoms with van der Waals surface area (Å²) < 4.78 is 0. The number of carbonyl (C=O) groups excluding carboxylic acids is 1. The van der Waals surface area contributed by atoms with Gasteiger partial charge < -0.3 is 10.6 Å². The van der Waals surface area contributed by atoms with Crippen LogP contribution in [0.15, 0.2) is 42.5 Å². The summed E-state index contributed by atoms with van der Waals surface area (Å²) in [4.78, 5) is 14.4. The Morgan fingerprint density at radius 1 is 1.21 bits per heavy atom. The van der Waals surface area contributed by atoms with E-state index in [9.17, 15) is 4.79 Å². The molecule has 3 heteroatoms. The number of nitrogen functional groups attached to an aromatic ring is 1. The van der Waals surface area contributed by atoms with Crippen molar-refractivity contribution in [3.8, 4) is 0 Å². The van der Waals surface area contributed by atoms with Gasteiger partial charge in [0.15, 0.2) is 0 Å². The number of amides is 1. The Hall–Kier alpha value is -2.29. The van der Waals surface area contributed by atoms with Crippen LogP contribution < -0.4 is 10.6 Å². The van der Waals surface area contributed by atoms with Gasteiger partial charge in [-0.05, 0) is 48.7 Å². The van der Waals surface area contributed by atoms with Crippen molar-refractivity contribution in [2.75, 3.05) is 17.2 Å². The molecule has 0 radical (unpaired) electrons. The number of carbonyl (C=O) groups is 1. The highest BCUT2D eigenvalue weighted by atomic mass is 16.2. The molecule has 0 saturated heterocycles. The SMILES string of the molecule is Cc1cc(C(=O)N2CCc3ccccc32)ccc1N. The van der Waals surface area contributed by atoms with Crippen LogP contribution >= 0.6 is 0 Å². The van der Waals surface area contributed by atoms with Crippen LogP contribution in [0.25, 0.3) is 0 Å². The molecule has 1 aliphatic rings. The summed E-state index contributed by atoms with van der Waals surface area (Å²) in [6, 6.07) is 13.5. The van der Waals surface area contributed by atoms with E-state index in [1.165, 1.54) is 5.56 Å². The van der Waals surface area contributed by atoms with Crippen molar-refractivity contribution in [2.45, 2.75) is 13.3 Å². The lowest BCUT2D eigenvalue weighted by Crippen LogP contribution is -2.28. The number of hydrogen-bond donors (Lipinski definition) is 1. The lowest BCUT2D eigenvalue weighted by Gasteiger charge is -2.17. The molecule has 3 nitrogen and oxygen atoms in total. The molecule has 0 spiro atoms. The van der Waals surface area contributed by atoms with Crippen LogP contribution in [0.4, 0.5) is 11.4 Å². The Balaban J connectivity index is 1.95. The zero-order valence-electron chi connectivity index (χ0n) is 10.9. The van der Waals surface area contributed by atoms with Crippen molar-refractivity contribution in [2.24, 2.45) is 0 Å². The average molecular weight is 252 g/mol. The maximum absolute atomic E-state index is 12.6. The van der Waals surface area contributed by atoms with Crippen LogP contribution in [0.5, 0.6) is 0 Å². The largest absolute Gasteiger partial charge is 0.399 e. The van der Waals surface area contributed by atoms with Gasteiger partial charge in [0.05, 0.1) is 0 Å². The number of hydrogen-bond acceptors (Lipinski definition) is 2. The van der Waals surface area contributed by atoms with E-state index in [0.717, 1.165) is 29.9 Å². The van der Waals surface area contributed by atoms with Crippen LogP contribution in [0.3, 0.4) is 0 Å². The summed E-state index contributed by atoms with van der Waals surface area (Å²) in [6.45, 7) is 2.67. The fourth-order valence-corrected chi connectivity index (χ4v) is 2.51. The third kappa shape index (κ3) is 1.97. The first kappa shape index (κ1) is 11.8. The molecule has 1 heterocycles. The zero-order chi connectivity index (χ0) is 13.4. The third-order valence-corrected chi connectivity index (χ3v) is 3.65. The monoisotopic (exact) mass is 252 g/mol. The number of benzene rings is 2. The van der Waals surface area contributed by atoms with Crippen LogP contribution in [-0.2, 0) is 6.42 Å². The minimum atomic E-state index is 0.0491. The molecule has 0 aliphatic carbocycles. The number of anilines is 2. The quantitative estimate of drug-likeness (QED) is 0.793. The van der Waals surface area contributed by atoms with Crippen molar-refractivity contribution in [3.63, 3.8) is 0 Å². The van der Waals surface area contributed by atoms with E-state index in [4.69, 9.17) is 5.73 Å². The molecular weight excluding hydrogens is 236 g/mol. The Bertz CT molecular complexity index is 649. The smallest absolute Gasteiger partial charge is 0.258 e. The molecule has 0 saturated carbocycles. The second-order valence-electron chi connectivity index (χ2n) is 4.91. The van der Waals surface area contributed by atoms with Gasteiger partial charge in [-0.2, -0.15) is 0 Å². The fourth-order valence-electron chi connectivity index (χ4n) is 2.51. The normalized spacial score (nSPS) is 13.4. The molecular formula is C16H16N2O. The van der Waals surface area contributed by atoms with E-state index in [-0.39, 0.29) is 5.91 Å². The van der Waals surface area contributed by atoms with Gasteiger partial charge in [0.1, 0.15) is 0 Å².